The van der Waals surface area contributed by atoms with E-state index in [9.17, 15) is 0 Å². The van der Waals surface area contributed by atoms with Crippen LogP contribution in [-0.4, -0.2) is 8.07 Å². The van der Waals surface area contributed by atoms with Crippen LogP contribution < -0.4 is 25.6 Å². The Kier molecular flexibility index (Phi) is 6.05. The molecule has 0 fully saturated rings. The Balaban J connectivity index is 1.15. The average molecular weight is 740 g/mol. The topological polar surface area (TPSA) is 3.24 Å². The van der Waals surface area contributed by atoms with Crippen molar-refractivity contribution >= 4 is 56.7 Å². The molecule has 0 N–H and O–H groups in total. The molecule has 9 aromatic carbocycles. The van der Waals surface area contributed by atoms with Crippen molar-refractivity contribution < 1.29 is 0 Å². The number of para-hydroxylation sites is 1. The lowest BCUT2D eigenvalue weighted by molar-refractivity contribution is 0.759. The van der Waals surface area contributed by atoms with Crippen molar-refractivity contribution in [2.24, 2.45) is 0 Å². The fourth-order valence-electron chi connectivity index (χ4n) is 11.7. The molecule has 0 amide bonds. The predicted octanol–water partition coefficient (Wildman–Crippen LogP) is 10.9. The highest BCUT2D eigenvalue weighted by Gasteiger charge is 2.55. The van der Waals surface area contributed by atoms with Gasteiger partial charge < -0.3 is 4.90 Å². The summed E-state index contributed by atoms with van der Waals surface area (Å²) in [5.41, 5.74) is 19.4. The number of hydrogen-bond donors (Lipinski definition) is 0. The molecule has 3 heterocycles. The van der Waals surface area contributed by atoms with Crippen LogP contribution >= 0.6 is 0 Å². The zero-order valence-corrected chi connectivity index (χ0v) is 32.8. The Morgan fingerprint density at radius 2 is 0.912 bits per heavy atom. The van der Waals surface area contributed by atoms with Crippen molar-refractivity contribution in [3.05, 3.63) is 221 Å². The Labute approximate surface area is 334 Å². The zero-order chi connectivity index (χ0) is 37.6. The maximum Gasteiger partial charge on any atom is 0.182 e. The van der Waals surface area contributed by atoms with Crippen LogP contribution in [0.3, 0.4) is 0 Å². The fourth-order valence-corrected chi connectivity index (χ4v) is 17.3. The van der Waals surface area contributed by atoms with Gasteiger partial charge in [-0.1, -0.05) is 175 Å². The van der Waals surface area contributed by atoms with Gasteiger partial charge in [-0.3, -0.25) is 0 Å². The van der Waals surface area contributed by atoms with E-state index in [1.54, 1.807) is 0 Å². The van der Waals surface area contributed by atoms with Crippen molar-refractivity contribution in [2.75, 3.05) is 4.90 Å². The molecule has 9 aromatic rings. The third-order valence-electron chi connectivity index (χ3n) is 13.8. The lowest BCUT2D eigenvalue weighted by Crippen LogP contribution is -2.70. The monoisotopic (exact) mass is 739 g/mol. The van der Waals surface area contributed by atoms with Crippen LogP contribution in [0.15, 0.2) is 188 Å². The average Bonchev–Trinajstić information content (AvgIpc) is 3.83. The molecule has 1 nitrogen and oxygen atoms in total. The van der Waals surface area contributed by atoms with Gasteiger partial charge in [-0.05, 0) is 120 Å². The summed E-state index contributed by atoms with van der Waals surface area (Å²) >= 11 is 0. The van der Waals surface area contributed by atoms with Gasteiger partial charge in [0.25, 0.3) is 0 Å². The standard InChI is InChI=1S/C55H37NSi/c1-34-23-27-39-40-28-24-35(2)32-47(40)55(46(39)31-34)45-18-8-9-19-48(45)56(49-30-25-36-13-3-4-14-38(36)54(49)55)37-26-29-44-43-17-7-12-22-52(43)57(53(44)33-37)50-20-10-5-15-41(50)42-16-6-11-21-51(42)57/h3-33H,1-2H3. The molecule has 0 saturated carbocycles. The highest BCUT2D eigenvalue weighted by Crippen LogP contribution is 2.65. The van der Waals surface area contributed by atoms with Crippen LogP contribution in [-0.2, 0) is 5.41 Å². The molecule has 0 unspecified atom stereocenters. The van der Waals surface area contributed by atoms with Gasteiger partial charge >= 0.3 is 0 Å². The van der Waals surface area contributed by atoms with Gasteiger partial charge in [-0.2, -0.15) is 0 Å². The highest BCUT2D eigenvalue weighted by molar-refractivity contribution is 7.24. The number of rotatable bonds is 1. The zero-order valence-electron chi connectivity index (χ0n) is 31.8. The Hall–Kier alpha value is -6.74. The second-order valence-corrected chi connectivity index (χ2v) is 20.2. The third-order valence-corrected chi connectivity index (χ3v) is 18.7. The van der Waals surface area contributed by atoms with Gasteiger partial charge in [0.1, 0.15) is 0 Å². The molecule has 0 radical (unpaired) electrons. The molecule has 0 saturated heterocycles. The van der Waals surface area contributed by atoms with Crippen LogP contribution in [0.4, 0.5) is 17.1 Å². The maximum atomic E-state index is 2.60. The van der Waals surface area contributed by atoms with E-state index in [2.05, 4.69) is 207 Å². The Morgan fingerprint density at radius 1 is 0.386 bits per heavy atom. The molecular weight excluding hydrogens is 703 g/mol. The first-order valence-electron chi connectivity index (χ1n) is 20.2. The molecule has 57 heavy (non-hydrogen) atoms. The number of nitrogens with zero attached hydrogens (tertiary/aromatic N) is 1. The van der Waals surface area contributed by atoms with Crippen LogP contribution in [0.2, 0.25) is 0 Å². The Bertz CT molecular complexity index is 3130. The highest BCUT2D eigenvalue weighted by atomic mass is 28.3. The quantitative estimate of drug-likeness (QED) is 0.152. The molecule has 0 aromatic heterocycles. The van der Waals surface area contributed by atoms with Crippen molar-refractivity contribution in [2.45, 2.75) is 19.3 Å². The molecule has 2 heteroatoms. The molecule has 4 aliphatic rings. The minimum atomic E-state index is -2.64. The molecule has 13 rings (SSSR count). The first kappa shape index (κ1) is 31.5. The fraction of sp³-hybridized carbons (Fsp3) is 0.0545. The first-order valence-corrected chi connectivity index (χ1v) is 22.2. The summed E-state index contributed by atoms with van der Waals surface area (Å²) in [4.78, 5) is 2.60. The smallest absolute Gasteiger partial charge is 0.182 e. The maximum absolute atomic E-state index is 2.64. The van der Waals surface area contributed by atoms with E-state index < -0.39 is 13.5 Å². The van der Waals surface area contributed by atoms with E-state index in [1.165, 1.54) is 115 Å². The van der Waals surface area contributed by atoms with E-state index >= 15 is 0 Å². The van der Waals surface area contributed by atoms with E-state index in [-0.39, 0.29) is 0 Å². The molecule has 3 aliphatic heterocycles. The van der Waals surface area contributed by atoms with Crippen LogP contribution in [0, 0.1) is 13.8 Å². The van der Waals surface area contributed by atoms with Crippen molar-refractivity contribution in [1.29, 1.82) is 0 Å². The second kappa shape index (κ2) is 11.0. The largest absolute Gasteiger partial charge is 0.310 e. The minimum Gasteiger partial charge on any atom is -0.310 e. The number of benzene rings is 9. The Morgan fingerprint density at radius 3 is 1.56 bits per heavy atom. The summed E-state index contributed by atoms with van der Waals surface area (Å²) in [6.07, 6.45) is 0. The van der Waals surface area contributed by atoms with Gasteiger partial charge in [0.05, 0.1) is 16.8 Å². The SMILES string of the molecule is Cc1ccc2c(c1)C1(c3cc(C)ccc3-2)c2ccccc2N(c2ccc3c(c2)[Si]2(c4ccccc4-c4ccccc42)c2ccccc2-3)c2ccc3ccccc3c21. The summed E-state index contributed by atoms with van der Waals surface area (Å²) in [6, 6.07) is 72.5. The van der Waals surface area contributed by atoms with Crippen molar-refractivity contribution in [3.8, 4) is 33.4 Å². The number of fused-ring (bicyclic) bond motifs is 21. The molecule has 1 aliphatic carbocycles. The van der Waals surface area contributed by atoms with Gasteiger partial charge in [0, 0.05) is 11.3 Å². The van der Waals surface area contributed by atoms with E-state index in [1.807, 2.05) is 0 Å². The van der Waals surface area contributed by atoms with Gasteiger partial charge in [-0.15, -0.1) is 0 Å². The van der Waals surface area contributed by atoms with E-state index in [4.69, 9.17) is 0 Å². The summed E-state index contributed by atoms with van der Waals surface area (Å²) in [5.74, 6) is 0. The third kappa shape index (κ3) is 3.71. The molecule has 2 spiro atoms. The van der Waals surface area contributed by atoms with Gasteiger partial charge in [-0.25, -0.2) is 0 Å². The molecule has 266 valence electrons. The summed E-state index contributed by atoms with van der Waals surface area (Å²) in [7, 11) is -2.64. The van der Waals surface area contributed by atoms with Crippen LogP contribution in [0.5, 0.6) is 0 Å². The summed E-state index contributed by atoms with van der Waals surface area (Å²) in [6.45, 7) is 4.49. The molecule has 0 atom stereocenters. The minimum absolute atomic E-state index is 0.502. The first-order chi connectivity index (χ1) is 28.1. The normalized spacial score (nSPS) is 15.1. The lowest BCUT2D eigenvalue weighted by atomic mass is 9.63. The summed E-state index contributed by atoms with van der Waals surface area (Å²) < 4.78 is 0. The second-order valence-electron chi connectivity index (χ2n) is 16.5. The van der Waals surface area contributed by atoms with E-state index in [0.717, 1.165) is 0 Å². The van der Waals surface area contributed by atoms with Gasteiger partial charge in [0.15, 0.2) is 8.07 Å². The molecular formula is C55H37NSi. The van der Waals surface area contributed by atoms with Gasteiger partial charge in [0.2, 0.25) is 0 Å². The van der Waals surface area contributed by atoms with E-state index in [0.29, 0.717) is 0 Å². The predicted molar refractivity (Wildman–Crippen MR) is 241 cm³/mol. The van der Waals surface area contributed by atoms with Crippen LogP contribution in [0.25, 0.3) is 44.2 Å². The summed E-state index contributed by atoms with van der Waals surface area (Å²) in [5, 5.41) is 8.56. The number of hydrogen-bond acceptors (Lipinski definition) is 1. The lowest BCUT2D eigenvalue weighted by Gasteiger charge is -2.46. The van der Waals surface area contributed by atoms with Crippen molar-refractivity contribution in [3.63, 3.8) is 0 Å². The van der Waals surface area contributed by atoms with Crippen molar-refractivity contribution in [1.82, 2.24) is 0 Å². The molecule has 0 bridgehead atoms. The van der Waals surface area contributed by atoms with Crippen LogP contribution in [0.1, 0.15) is 33.4 Å². The number of anilines is 3. The number of aryl methyl sites for hydroxylation is 2.